The highest BCUT2D eigenvalue weighted by Gasteiger charge is 2.36. The molecule has 0 radical (unpaired) electrons. The maximum absolute atomic E-state index is 13.0. The molecule has 1 amide bonds. The minimum atomic E-state index is -0.0800. The lowest BCUT2D eigenvalue weighted by atomic mass is 10.1. The molecule has 0 saturated carbocycles. The SMILES string of the molecule is O=C1CS[C@H](c2cn(-c3ccccc3)nc2-c2ccc3c(c2)OCCO3)N1CC[NH+]1CCOCC1. The van der Waals surface area contributed by atoms with Crippen molar-refractivity contribution in [2.75, 3.05) is 58.4 Å². The van der Waals surface area contributed by atoms with E-state index in [-0.39, 0.29) is 11.3 Å². The number of nitrogens with one attached hydrogen (secondary N) is 1. The highest BCUT2D eigenvalue weighted by Crippen LogP contribution is 2.44. The Balaban J connectivity index is 1.35. The maximum atomic E-state index is 13.0. The average molecular weight is 494 g/mol. The molecule has 0 bridgehead atoms. The minimum Gasteiger partial charge on any atom is -0.486 e. The van der Waals surface area contributed by atoms with Crippen molar-refractivity contribution >= 4 is 17.7 Å². The molecule has 35 heavy (non-hydrogen) atoms. The largest absolute Gasteiger partial charge is 0.486 e. The van der Waals surface area contributed by atoms with E-state index < -0.39 is 0 Å². The second-order valence-corrected chi connectivity index (χ2v) is 10.0. The number of morpholine rings is 1. The molecular weight excluding hydrogens is 464 g/mol. The van der Waals surface area contributed by atoms with E-state index in [1.165, 1.54) is 4.90 Å². The fourth-order valence-electron chi connectivity index (χ4n) is 4.84. The summed E-state index contributed by atoms with van der Waals surface area (Å²) in [5, 5.41) is 4.92. The molecule has 2 saturated heterocycles. The van der Waals surface area contributed by atoms with E-state index in [4.69, 9.17) is 19.3 Å². The zero-order valence-corrected chi connectivity index (χ0v) is 20.3. The number of carbonyl (C=O) groups is 1. The Bertz CT molecular complexity index is 1200. The van der Waals surface area contributed by atoms with Crippen LogP contribution < -0.4 is 14.4 Å². The van der Waals surface area contributed by atoms with Crippen LogP contribution in [0.15, 0.2) is 54.7 Å². The molecule has 4 heterocycles. The first-order chi connectivity index (χ1) is 17.3. The molecule has 1 N–H and O–H groups in total. The van der Waals surface area contributed by atoms with Crippen LogP contribution in [-0.2, 0) is 9.53 Å². The third-order valence-electron chi connectivity index (χ3n) is 6.72. The third-order valence-corrected chi connectivity index (χ3v) is 7.96. The quantitative estimate of drug-likeness (QED) is 0.565. The summed E-state index contributed by atoms with van der Waals surface area (Å²) < 4.78 is 19.0. The Kier molecular flexibility index (Phi) is 6.37. The summed E-state index contributed by atoms with van der Waals surface area (Å²) in [6, 6.07) is 16.1. The van der Waals surface area contributed by atoms with Gasteiger partial charge in [0.1, 0.15) is 31.7 Å². The standard InChI is InChI=1S/C26H28N4O4S/c31-24-18-35-26(29(24)9-8-28-10-12-32-13-11-28)21-17-30(20-4-2-1-3-5-20)27-25(21)19-6-7-22-23(16-19)34-15-14-33-22/h1-7,16-17,26H,8-15,18H2/p+1/t26-/m1/s1. The summed E-state index contributed by atoms with van der Waals surface area (Å²) in [6.07, 6.45) is 2.08. The second-order valence-electron chi connectivity index (χ2n) is 8.93. The predicted molar refractivity (Wildman–Crippen MR) is 133 cm³/mol. The van der Waals surface area contributed by atoms with Gasteiger partial charge in [-0.1, -0.05) is 18.2 Å². The summed E-state index contributed by atoms with van der Waals surface area (Å²) >= 11 is 1.68. The minimum absolute atomic E-state index is 0.0800. The normalized spacial score (nSPS) is 20.4. The molecule has 6 rings (SSSR count). The zero-order chi connectivity index (χ0) is 23.6. The van der Waals surface area contributed by atoms with Crippen LogP contribution in [-0.4, -0.2) is 78.9 Å². The Morgan fingerprint density at radius 2 is 1.80 bits per heavy atom. The van der Waals surface area contributed by atoms with Crippen molar-refractivity contribution in [3.63, 3.8) is 0 Å². The zero-order valence-electron chi connectivity index (χ0n) is 19.5. The molecule has 1 aromatic heterocycles. The van der Waals surface area contributed by atoms with E-state index in [0.29, 0.717) is 19.0 Å². The number of hydrogen-bond acceptors (Lipinski definition) is 6. The van der Waals surface area contributed by atoms with Crippen molar-refractivity contribution in [3.8, 4) is 28.4 Å². The Labute approximate surface area is 208 Å². The number of aromatic nitrogens is 2. The molecular formula is C26H29N4O4S+. The number of thioether (sulfide) groups is 1. The molecule has 0 aliphatic carbocycles. The van der Waals surface area contributed by atoms with Crippen LogP contribution in [0.5, 0.6) is 11.5 Å². The van der Waals surface area contributed by atoms with E-state index in [0.717, 1.165) is 73.4 Å². The van der Waals surface area contributed by atoms with Gasteiger partial charge in [0, 0.05) is 17.3 Å². The van der Waals surface area contributed by atoms with Crippen molar-refractivity contribution in [3.05, 3.63) is 60.3 Å². The van der Waals surface area contributed by atoms with E-state index in [2.05, 4.69) is 6.20 Å². The molecule has 0 unspecified atom stereocenters. The monoisotopic (exact) mass is 493 g/mol. The number of carbonyl (C=O) groups excluding carboxylic acids is 1. The summed E-state index contributed by atoms with van der Waals surface area (Å²) in [6.45, 7) is 6.32. The number of ether oxygens (including phenoxy) is 3. The van der Waals surface area contributed by atoms with Gasteiger partial charge in [0.15, 0.2) is 11.5 Å². The molecule has 3 aromatic rings. The summed E-state index contributed by atoms with van der Waals surface area (Å²) in [7, 11) is 0. The Morgan fingerprint density at radius 3 is 2.63 bits per heavy atom. The first kappa shape index (κ1) is 22.5. The summed E-state index contributed by atoms with van der Waals surface area (Å²) in [5.41, 5.74) is 3.84. The fourth-order valence-corrected chi connectivity index (χ4v) is 6.06. The molecule has 3 aliphatic rings. The van der Waals surface area contributed by atoms with Crippen LogP contribution in [0, 0.1) is 0 Å². The molecule has 3 aliphatic heterocycles. The average Bonchev–Trinajstić information content (AvgIpc) is 3.52. The van der Waals surface area contributed by atoms with Gasteiger partial charge < -0.3 is 24.0 Å². The lowest BCUT2D eigenvalue weighted by molar-refractivity contribution is -0.907. The number of rotatable bonds is 6. The second kappa shape index (κ2) is 9.93. The van der Waals surface area contributed by atoms with Gasteiger partial charge in [0.25, 0.3) is 0 Å². The lowest BCUT2D eigenvalue weighted by Gasteiger charge is -2.28. The highest BCUT2D eigenvalue weighted by atomic mass is 32.2. The number of nitrogens with zero attached hydrogens (tertiary/aromatic N) is 3. The first-order valence-corrected chi connectivity index (χ1v) is 13.2. The van der Waals surface area contributed by atoms with Gasteiger partial charge >= 0.3 is 0 Å². The van der Waals surface area contributed by atoms with Gasteiger partial charge in [-0.05, 0) is 30.3 Å². The Morgan fingerprint density at radius 1 is 1.00 bits per heavy atom. The highest BCUT2D eigenvalue weighted by molar-refractivity contribution is 8.00. The molecule has 9 heteroatoms. The number of amides is 1. The van der Waals surface area contributed by atoms with Crippen molar-refractivity contribution in [2.45, 2.75) is 5.37 Å². The van der Waals surface area contributed by atoms with Crippen molar-refractivity contribution in [1.29, 1.82) is 0 Å². The van der Waals surface area contributed by atoms with Crippen molar-refractivity contribution in [1.82, 2.24) is 14.7 Å². The molecule has 2 fully saturated rings. The number of quaternary nitrogens is 1. The van der Waals surface area contributed by atoms with Crippen LogP contribution >= 0.6 is 11.8 Å². The number of fused-ring (bicyclic) bond motifs is 1. The molecule has 1 atom stereocenters. The van der Waals surface area contributed by atoms with Crippen molar-refractivity contribution < 1.29 is 23.9 Å². The van der Waals surface area contributed by atoms with E-state index in [1.54, 1.807) is 11.8 Å². The predicted octanol–water partition coefficient (Wildman–Crippen LogP) is 1.80. The van der Waals surface area contributed by atoms with Crippen LogP contribution in [0.4, 0.5) is 0 Å². The molecule has 8 nitrogen and oxygen atoms in total. The van der Waals surface area contributed by atoms with Crippen molar-refractivity contribution in [2.24, 2.45) is 0 Å². The van der Waals surface area contributed by atoms with Gasteiger partial charge in [-0.2, -0.15) is 5.10 Å². The van der Waals surface area contributed by atoms with Gasteiger partial charge in [0.05, 0.1) is 43.4 Å². The molecule has 2 aromatic carbocycles. The van der Waals surface area contributed by atoms with Crippen LogP contribution in [0.1, 0.15) is 10.9 Å². The first-order valence-electron chi connectivity index (χ1n) is 12.1. The van der Waals surface area contributed by atoms with E-state index >= 15 is 0 Å². The summed E-state index contributed by atoms with van der Waals surface area (Å²) in [4.78, 5) is 16.5. The smallest absolute Gasteiger partial charge is 0.234 e. The van der Waals surface area contributed by atoms with Crippen LogP contribution in [0.25, 0.3) is 16.9 Å². The number of benzene rings is 2. The Hall–Kier alpha value is -3.01. The van der Waals surface area contributed by atoms with Gasteiger partial charge in [-0.3, -0.25) is 4.79 Å². The van der Waals surface area contributed by atoms with Gasteiger partial charge in [-0.15, -0.1) is 11.8 Å². The number of hydrogen-bond donors (Lipinski definition) is 1. The van der Waals surface area contributed by atoms with E-state index in [9.17, 15) is 4.79 Å². The number of para-hydroxylation sites is 1. The van der Waals surface area contributed by atoms with Crippen LogP contribution in [0.2, 0.25) is 0 Å². The maximum Gasteiger partial charge on any atom is 0.234 e. The molecule has 182 valence electrons. The molecule has 0 spiro atoms. The third kappa shape index (κ3) is 4.63. The fraction of sp³-hybridized carbons (Fsp3) is 0.385. The lowest BCUT2D eigenvalue weighted by Crippen LogP contribution is -3.14. The topological polar surface area (TPSA) is 70.3 Å². The van der Waals surface area contributed by atoms with Gasteiger partial charge in [0.2, 0.25) is 5.91 Å². The van der Waals surface area contributed by atoms with Gasteiger partial charge in [-0.25, -0.2) is 4.68 Å². The van der Waals surface area contributed by atoms with E-state index in [1.807, 2.05) is 58.1 Å². The van der Waals surface area contributed by atoms with Crippen LogP contribution in [0.3, 0.4) is 0 Å². The summed E-state index contributed by atoms with van der Waals surface area (Å²) in [5.74, 6) is 2.16.